The molecule has 2 heteroatoms. The summed E-state index contributed by atoms with van der Waals surface area (Å²) in [6, 6.07) is 7.86. The summed E-state index contributed by atoms with van der Waals surface area (Å²) < 4.78 is 0. The summed E-state index contributed by atoms with van der Waals surface area (Å²) in [6.07, 6.45) is 2.79. The average Bonchev–Trinajstić information content (AvgIpc) is 2.37. The maximum absolute atomic E-state index is 12.4. The van der Waals surface area contributed by atoms with E-state index < -0.39 is 0 Å². The van der Waals surface area contributed by atoms with Crippen LogP contribution in [0.25, 0.3) is 0 Å². The zero-order valence-electron chi connectivity index (χ0n) is 12.0. The van der Waals surface area contributed by atoms with Gasteiger partial charge in [0.1, 0.15) is 5.78 Å². The van der Waals surface area contributed by atoms with Crippen molar-refractivity contribution < 1.29 is 9.59 Å². The van der Waals surface area contributed by atoms with Gasteiger partial charge < -0.3 is 0 Å². The van der Waals surface area contributed by atoms with Crippen LogP contribution in [0.2, 0.25) is 0 Å². The number of Topliss-reactive ketones (excluding diaryl/α,β-unsaturated/α-hetero) is 2. The van der Waals surface area contributed by atoms with Gasteiger partial charge in [0.15, 0.2) is 5.78 Å². The SMILES string of the molecule is CC(C)(C)c1ccc(C(=O)C2CCCC(=O)C2)cc1. The van der Waals surface area contributed by atoms with Crippen LogP contribution in [0.5, 0.6) is 0 Å². The van der Waals surface area contributed by atoms with E-state index in [2.05, 4.69) is 20.8 Å². The molecule has 19 heavy (non-hydrogen) atoms. The summed E-state index contributed by atoms with van der Waals surface area (Å²) in [5, 5.41) is 0. The van der Waals surface area contributed by atoms with Crippen molar-refractivity contribution >= 4 is 11.6 Å². The van der Waals surface area contributed by atoms with Crippen LogP contribution in [0.1, 0.15) is 62.4 Å². The topological polar surface area (TPSA) is 34.1 Å². The van der Waals surface area contributed by atoms with Crippen LogP contribution in [-0.4, -0.2) is 11.6 Å². The van der Waals surface area contributed by atoms with Crippen LogP contribution in [0, 0.1) is 5.92 Å². The van der Waals surface area contributed by atoms with Crippen LogP contribution < -0.4 is 0 Å². The van der Waals surface area contributed by atoms with E-state index in [1.165, 1.54) is 5.56 Å². The highest BCUT2D eigenvalue weighted by Gasteiger charge is 2.26. The van der Waals surface area contributed by atoms with E-state index in [9.17, 15) is 9.59 Å². The molecule has 0 radical (unpaired) electrons. The van der Waals surface area contributed by atoms with Crippen LogP contribution in [0.4, 0.5) is 0 Å². The molecule has 0 amide bonds. The van der Waals surface area contributed by atoms with Crippen molar-refractivity contribution in [3.63, 3.8) is 0 Å². The van der Waals surface area contributed by atoms with Gasteiger partial charge in [-0.1, -0.05) is 45.0 Å². The van der Waals surface area contributed by atoms with Gasteiger partial charge in [-0.2, -0.15) is 0 Å². The quantitative estimate of drug-likeness (QED) is 0.753. The molecule has 1 fully saturated rings. The lowest BCUT2D eigenvalue weighted by atomic mass is 9.82. The first kappa shape index (κ1) is 14.0. The first-order valence-corrected chi connectivity index (χ1v) is 7.04. The molecule has 2 rings (SSSR count). The molecule has 0 aromatic heterocycles. The predicted molar refractivity (Wildman–Crippen MR) is 76.4 cm³/mol. The Morgan fingerprint density at radius 2 is 1.79 bits per heavy atom. The molecular weight excluding hydrogens is 236 g/mol. The maximum atomic E-state index is 12.4. The molecule has 0 spiro atoms. The van der Waals surface area contributed by atoms with Gasteiger partial charge in [0.25, 0.3) is 0 Å². The Bertz CT molecular complexity index is 477. The Kier molecular flexibility index (Phi) is 3.88. The lowest BCUT2D eigenvalue weighted by molar-refractivity contribution is -0.121. The number of ketones is 2. The van der Waals surface area contributed by atoms with E-state index >= 15 is 0 Å². The molecule has 0 heterocycles. The highest BCUT2D eigenvalue weighted by molar-refractivity contribution is 6.00. The lowest BCUT2D eigenvalue weighted by Gasteiger charge is -2.21. The average molecular weight is 258 g/mol. The van der Waals surface area contributed by atoms with Gasteiger partial charge >= 0.3 is 0 Å². The van der Waals surface area contributed by atoms with Gasteiger partial charge in [0.2, 0.25) is 0 Å². The monoisotopic (exact) mass is 258 g/mol. The number of hydrogen-bond acceptors (Lipinski definition) is 2. The van der Waals surface area contributed by atoms with Gasteiger partial charge in [-0.25, -0.2) is 0 Å². The van der Waals surface area contributed by atoms with E-state index in [4.69, 9.17) is 0 Å². The van der Waals surface area contributed by atoms with Crippen molar-refractivity contribution in [2.45, 2.75) is 51.9 Å². The first-order valence-electron chi connectivity index (χ1n) is 7.04. The number of benzene rings is 1. The predicted octanol–water partition coefficient (Wildman–Crippen LogP) is 3.93. The molecule has 1 atom stereocenters. The summed E-state index contributed by atoms with van der Waals surface area (Å²) in [4.78, 5) is 23.8. The summed E-state index contributed by atoms with van der Waals surface area (Å²) in [7, 11) is 0. The second kappa shape index (κ2) is 5.28. The van der Waals surface area contributed by atoms with E-state index in [1.807, 2.05) is 24.3 Å². The minimum Gasteiger partial charge on any atom is -0.300 e. The number of rotatable bonds is 2. The fourth-order valence-corrected chi connectivity index (χ4v) is 2.62. The highest BCUT2D eigenvalue weighted by Crippen LogP contribution is 2.27. The Hall–Kier alpha value is -1.44. The minimum absolute atomic E-state index is 0.0956. The van der Waals surface area contributed by atoms with Gasteiger partial charge in [0, 0.05) is 24.3 Å². The largest absolute Gasteiger partial charge is 0.300 e. The fraction of sp³-hybridized carbons (Fsp3) is 0.529. The summed E-state index contributed by atoms with van der Waals surface area (Å²) in [6.45, 7) is 6.47. The molecule has 1 unspecified atom stereocenters. The molecule has 1 aromatic rings. The standard InChI is InChI=1S/C17H22O2/c1-17(2,3)14-9-7-12(8-10-14)16(19)13-5-4-6-15(18)11-13/h7-10,13H,4-6,11H2,1-3H3. The second-order valence-electron chi connectivity index (χ2n) is 6.52. The van der Waals surface area contributed by atoms with E-state index in [0.29, 0.717) is 12.8 Å². The summed E-state index contributed by atoms with van der Waals surface area (Å²) in [5.41, 5.74) is 2.07. The van der Waals surface area contributed by atoms with Crippen molar-refractivity contribution in [3.8, 4) is 0 Å². The van der Waals surface area contributed by atoms with E-state index in [1.54, 1.807) is 0 Å². The first-order chi connectivity index (χ1) is 8.88. The van der Waals surface area contributed by atoms with E-state index in [0.717, 1.165) is 18.4 Å². The van der Waals surface area contributed by atoms with Gasteiger partial charge in [-0.05, 0) is 23.8 Å². The zero-order valence-corrected chi connectivity index (χ0v) is 12.0. The second-order valence-corrected chi connectivity index (χ2v) is 6.52. The van der Waals surface area contributed by atoms with Crippen molar-refractivity contribution in [2.24, 2.45) is 5.92 Å². The third kappa shape index (κ3) is 3.31. The third-order valence-corrected chi connectivity index (χ3v) is 3.89. The molecule has 2 nitrogen and oxygen atoms in total. The Labute approximate surface area is 115 Å². The maximum Gasteiger partial charge on any atom is 0.166 e. The number of carbonyl (C=O) groups is 2. The Morgan fingerprint density at radius 1 is 1.16 bits per heavy atom. The smallest absolute Gasteiger partial charge is 0.166 e. The van der Waals surface area contributed by atoms with Crippen LogP contribution in [-0.2, 0) is 10.2 Å². The van der Waals surface area contributed by atoms with Crippen LogP contribution in [0.15, 0.2) is 24.3 Å². The molecule has 1 aliphatic rings. The van der Waals surface area contributed by atoms with Crippen molar-refractivity contribution in [2.75, 3.05) is 0 Å². The van der Waals surface area contributed by atoms with Crippen molar-refractivity contribution in [1.82, 2.24) is 0 Å². The highest BCUT2D eigenvalue weighted by atomic mass is 16.1. The van der Waals surface area contributed by atoms with E-state index in [-0.39, 0.29) is 22.9 Å². The summed E-state index contributed by atoms with van der Waals surface area (Å²) in [5.74, 6) is 0.270. The van der Waals surface area contributed by atoms with Gasteiger partial charge in [-0.3, -0.25) is 9.59 Å². The van der Waals surface area contributed by atoms with Crippen LogP contribution in [0.3, 0.4) is 0 Å². The Morgan fingerprint density at radius 3 is 2.32 bits per heavy atom. The van der Waals surface area contributed by atoms with Crippen LogP contribution >= 0.6 is 0 Å². The minimum atomic E-state index is -0.0956. The summed E-state index contributed by atoms with van der Waals surface area (Å²) >= 11 is 0. The number of carbonyl (C=O) groups excluding carboxylic acids is 2. The molecule has 0 aliphatic heterocycles. The molecule has 1 saturated carbocycles. The molecule has 0 N–H and O–H groups in total. The van der Waals surface area contributed by atoms with Crippen molar-refractivity contribution in [1.29, 1.82) is 0 Å². The fourth-order valence-electron chi connectivity index (χ4n) is 2.62. The zero-order chi connectivity index (χ0) is 14.0. The molecule has 0 saturated heterocycles. The lowest BCUT2D eigenvalue weighted by Crippen LogP contribution is -2.23. The van der Waals surface area contributed by atoms with Gasteiger partial charge in [0.05, 0.1) is 0 Å². The normalized spacial score (nSPS) is 20.4. The number of hydrogen-bond donors (Lipinski definition) is 0. The molecular formula is C17H22O2. The molecule has 1 aliphatic carbocycles. The van der Waals surface area contributed by atoms with Crippen molar-refractivity contribution in [3.05, 3.63) is 35.4 Å². The molecule has 102 valence electrons. The third-order valence-electron chi connectivity index (χ3n) is 3.89. The molecule has 0 bridgehead atoms. The van der Waals surface area contributed by atoms with Gasteiger partial charge in [-0.15, -0.1) is 0 Å². The molecule has 1 aromatic carbocycles. The Balaban J connectivity index is 2.13.